The highest BCUT2D eigenvalue weighted by Crippen LogP contribution is 2.24. The van der Waals surface area contributed by atoms with E-state index in [1.807, 2.05) is 0 Å². The minimum absolute atomic E-state index is 0.0248. The highest BCUT2D eigenvalue weighted by Gasteiger charge is 2.12. The van der Waals surface area contributed by atoms with Gasteiger partial charge in [-0.05, 0) is 48.0 Å². The summed E-state index contributed by atoms with van der Waals surface area (Å²) in [6, 6.07) is 20.3. The van der Waals surface area contributed by atoms with E-state index < -0.39 is 18.5 Å². The summed E-state index contributed by atoms with van der Waals surface area (Å²) in [6.45, 7) is -0.431. The van der Waals surface area contributed by atoms with Crippen LogP contribution in [0.25, 0.3) is 0 Å². The van der Waals surface area contributed by atoms with Gasteiger partial charge in [-0.25, -0.2) is 0 Å². The molecule has 0 bridgehead atoms. The predicted octanol–water partition coefficient (Wildman–Crippen LogP) is 4.33. The summed E-state index contributed by atoms with van der Waals surface area (Å²) < 4.78 is 10.2. The molecule has 0 atom stereocenters. The maximum atomic E-state index is 12.4. The summed E-state index contributed by atoms with van der Waals surface area (Å²) in [5, 5.41) is 5.85. The number of esters is 1. The van der Waals surface area contributed by atoms with Gasteiger partial charge in [0.25, 0.3) is 11.8 Å². The van der Waals surface area contributed by atoms with E-state index in [4.69, 9.17) is 21.1 Å². The number of benzene rings is 3. The SMILES string of the molecule is COc1ccccc1NC(=O)c1ccc(NC(=O)COC(=O)Cc2ccccc2Cl)cc1. The van der Waals surface area contributed by atoms with E-state index in [0.717, 1.165) is 0 Å². The molecule has 0 saturated heterocycles. The van der Waals surface area contributed by atoms with Gasteiger partial charge in [0, 0.05) is 16.3 Å². The highest BCUT2D eigenvalue weighted by molar-refractivity contribution is 6.31. The van der Waals surface area contributed by atoms with Crippen LogP contribution in [0.2, 0.25) is 5.02 Å². The molecular formula is C24H21ClN2O5. The summed E-state index contributed by atoms with van der Waals surface area (Å²) >= 11 is 6.01. The molecule has 0 saturated carbocycles. The average Bonchev–Trinajstić information content (AvgIpc) is 2.80. The molecule has 0 radical (unpaired) electrons. The number of halogens is 1. The maximum Gasteiger partial charge on any atom is 0.310 e. The summed E-state index contributed by atoms with van der Waals surface area (Å²) in [7, 11) is 1.52. The third kappa shape index (κ3) is 6.33. The molecule has 0 fully saturated rings. The van der Waals surface area contributed by atoms with Crippen molar-refractivity contribution in [3.63, 3.8) is 0 Å². The number of methoxy groups -OCH3 is 1. The van der Waals surface area contributed by atoms with Crippen molar-refractivity contribution in [1.82, 2.24) is 0 Å². The van der Waals surface area contributed by atoms with Gasteiger partial charge in [0.15, 0.2) is 6.61 Å². The summed E-state index contributed by atoms with van der Waals surface area (Å²) in [5.74, 6) is -0.824. The molecular weight excluding hydrogens is 432 g/mol. The first-order valence-corrected chi connectivity index (χ1v) is 10.1. The Kier molecular flexibility index (Phi) is 7.83. The van der Waals surface area contributed by atoms with E-state index in [-0.39, 0.29) is 12.3 Å². The molecule has 164 valence electrons. The van der Waals surface area contributed by atoms with Gasteiger partial charge in [-0.2, -0.15) is 0 Å². The number of hydrogen-bond acceptors (Lipinski definition) is 5. The zero-order chi connectivity index (χ0) is 22.9. The third-order valence-electron chi connectivity index (χ3n) is 4.44. The molecule has 0 spiro atoms. The second-order valence-corrected chi connectivity index (χ2v) is 7.12. The zero-order valence-electron chi connectivity index (χ0n) is 17.3. The normalized spacial score (nSPS) is 10.2. The molecule has 8 heteroatoms. The third-order valence-corrected chi connectivity index (χ3v) is 4.81. The minimum atomic E-state index is -0.559. The second kappa shape index (κ2) is 11.0. The maximum absolute atomic E-state index is 12.4. The van der Waals surface area contributed by atoms with E-state index >= 15 is 0 Å². The molecule has 3 rings (SSSR count). The monoisotopic (exact) mass is 452 g/mol. The van der Waals surface area contributed by atoms with Crippen LogP contribution in [0.4, 0.5) is 11.4 Å². The Balaban J connectivity index is 1.49. The van der Waals surface area contributed by atoms with Gasteiger partial charge in [0.05, 0.1) is 19.2 Å². The summed E-state index contributed by atoms with van der Waals surface area (Å²) in [5.41, 5.74) is 2.05. The van der Waals surface area contributed by atoms with Crippen LogP contribution in [0.3, 0.4) is 0 Å². The van der Waals surface area contributed by atoms with Crippen LogP contribution >= 0.6 is 11.6 Å². The lowest BCUT2D eigenvalue weighted by molar-refractivity contribution is -0.146. The molecule has 0 aromatic heterocycles. The smallest absolute Gasteiger partial charge is 0.310 e. The Labute approximate surface area is 190 Å². The molecule has 0 unspecified atom stereocenters. The highest BCUT2D eigenvalue weighted by atomic mass is 35.5. The molecule has 2 amide bonds. The van der Waals surface area contributed by atoms with Crippen LogP contribution in [-0.4, -0.2) is 31.5 Å². The number of hydrogen-bond donors (Lipinski definition) is 2. The first kappa shape index (κ1) is 22.8. The molecule has 3 aromatic carbocycles. The van der Waals surface area contributed by atoms with Crippen LogP contribution in [0.15, 0.2) is 72.8 Å². The molecule has 0 aliphatic rings. The number of nitrogens with one attached hydrogen (secondary N) is 2. The fourth-order valence-corrected chi connectivity index (χ4v) is 3.04. The number of para-hydroxylation sites is 2. The summed E-state index contributed by atoms with van der Waals surface area (Å²) in [4.78, 5) is 36.4. The van der Waals surface area contributed by atoms with Crippen molar-refractivity contribution in [2.24, 2.45) is 0 Å². The Bertz CT molecular complexity index is 1120. The lowest BCUT2D eigenvalue weighted by atomic mass is 10.1. The van der Waals surface area contributed by atoms with E-state index in [2.05, 4.69) is 10.6 Å². The number of amides is 2. The van der Waals surface area contributed by atoms with Crippen molar-refractivity contribution in [2.75, 3.05) is 24.4 Å². The fourth-order valence-electron chi connectivity index (χ4n) is 2.84. The number of ether oxygens (including phenoxy) is 2. The van der Waals surface area contributed by atoms with Crippen molar-refractivity contribution < 1.29 is 23.9 Å². The van der Waals surface area contributed by atoms with Crippen molar-refractivity contribution >= 4 is 40.8 Å². The average molecular weight is 453 g/mol. The van der Waals surface area contributed by atoms with Crippen molar-refractivity contribution in [1.29, 1.82) is 0 Å². The first-order valence-electron chi connectivity index (χ1n) is 9.69. The Hall–Kier alpha value is -3.84. The van der Waals surface area contributed by atoms with Crippen LogP contribution in [0, 0.1) is 0 Å². The van der Waals surface area contributed by atoms with Gasteiger partial charge in [-0.1, -0.05) is 41.9 Å². The number of carbonyl (C=O) groups excluding carboxylic acids is 3. The Morgan fingerprint density at radius 3 is 2.28 bits per heavy atom. The van der Waals surface area contributed by atoms with Crippen LogP contribution < -0.4 is 15.4 Å². The minimum Gasteiger partial charge on any atom is -0.495 e. The van der Waals surface area contributed by atoms with Gasteiger partial charge in [-0.15, -0.1) is 0 Å². The molecule has 2 N–H and O–H groups in total. The van der Waals surface area contributed by atoms with Crippen LogP contribution in [0.1, 0.15) is 15.9 Å². The van der Waals surface area contributed by atoms with E-state index in [0.29, 0.717) is 33.3 Å². The summed E-state index contributed by atoms with van der Waals surface area (Å²) in [6.07, 6.45) is -0.0248. The van der Waals surface area contributed by atoms with Crippen LogP contribution in [0.5, 0.6) is 5.75 Å². The van der Waals surface area contributed by atoms with E-state index in [1.54, 1.807) is 72.8 Å². The van der Waals surface area contributed by atoms with Gasteiger partial charge in [-0.3, -0.25) is 14.4 Å². The second-order valence-electron chi connectivity index (χ2n) is 6.71. The van der Waals surface area contributed by atoms with Gasteiger partial charge < -0.3 is 20.1 Å². The van der Waals surface area contributed by atoms with Crippen molar-refractivity contribution in [2.45, 2.75) is 6.42 Å². The topological polar surface area (TPSA) is 93.7 Å². The molecule has 3 aromatic rings. The van der Waals surface area contributed by atoms with Crippen molar-refractivity contribution in [3.8, 4) is 5.75 Å². The lowest BCUT2D eigenvalue weighted by Gasteiger charge is -2.10. The Morgan fingerprint density at radius 2 is 1.56 bits per heavy atom. The lowest BCUT2D eigenvalue weighted by Crippen LogP contribution is -2.21. The molecule has 0 aliphatic carbocycles. The van der Waals surface area contributed by atoms with Crippen molar-refractivity contribution in [3.05, 3.63) is 88.9 Å². The number of carbonyl (C=O) groups is 3. The molecule has 0 heterocycles. The number of rotatable bonds is 8. The van der Waals surface area contributed by atoms with Gasteiger partial charge in [0.1, 0.15) is 5.75 Å². The van der Waals surface area contributed by atoms with Crippen LogP contribution in [-0.2, 0) is 20.7 Å². The molecule has 7 nitrogen and oxygen atoms in total. The fraction of sp³-hybridized carbons (Fsp3) is 0.125. The molecule has 32 heavy (non-hydrogen) atoms. The Morgan fingerprint density at radius 1 is 0.875 bits per heavy atom. The first-order chi connectivity index (χ1) is 15.5. The molecule has 0 aliphatic heterocycles. The van der Waals surface area contributed by atoms with Gasteiger partial charge >= 0.3 is 5.97 Å². The zero-order valence-corrected chi connectivity index (χ0v) is 18.0. The standard InChI is InChI=1S/C24H21ClN2O5/c1-31-21-9-5-4-8-20(21)27-24(30)16-10-12-18(13-11-16)26-22(28)15-32-23(29)14-17-6-2-3-7-19(17)25/h2-13H,14-15H2,1H3,(H,26,28)(H,27,30). The van der Waals surface area contributed by atoms with E-state index in [9.17, 15) is 14.4 Å². The number of anilines is 2. The predicted molar refractivity (Wildman–Crippen MR) is 122 cm³/mol. The quantitative estimate of drug-likeness (QED) is 0.496. The largest absolute Gasteiger partial charge is 0.495 e. The van der Waals surface area contributed by atoms with E-state index in [1.165, 1.54) is 7.11 Å². The van der Waals surface area contributed by atoms with Gasteiger partial charge in [0.2, 0.25) is 0 Å².